The first-order valence-electron chi connectivity index (χ1n) is 13.7. The van der Waals surface area contributed by atoms with E-state index in [1.165, 1.54) is 28.8 Å². The quantitative estimate of drug-likeness (QED) is 0.386. The molecule has 38 heavy (non-hydrogen) atoms. The Balaban J connectivity index is 1.40. The van der Waals surface area contributed by atoms with E-state index in [9.17, 15) is 18.0 Å². The maximum atomic E-state index is 13.1. The number of hydrogen-bond donors (Lipinski definition) is 0. The number of piperidine rings is 1. The van der Waals surface area contributed by atoms with Gasteiger partial charge in [-0.1, -0.05) is 6.07 Å². The summed E-state index contributed by atoms with van der Waals surface area (Å²) in [5, 5.41) is 0. The molecule has 2 aromatic rings. The molecule has 2 fully saturated rings. The Hall–Kier alpha value is -2.58. The summed E-state index contributed by atoms with van der Waals surface area (Å²) in [7, 11) is 4.17. The van der Waals surface area contributed by atoms with Crippen molar-refractivity contribution in [3.63, 3.8) is 0 Å². The van der Waals surface area contributed by atoms with Crippen LogP contribution in [-0.4, -0.2) is 73.5 Å². The number of ether oxygens (including phenoxy) is 1. The number of hydrogen-bond acceptors (Lipinski definition) is 4. The van der Waals surface area contributed by atoms with Crippen LogP contribution >= 0.6 is 0 Å². The van der Waals surface area contributed by atoms with E-state index >= 15 is 0 Å². The van der Waals surface area contributed by atoms with Gasteiger partial charge in [0.15, 0.2) is 0 Å². The van der Waals surface area contributed by atoms with Gasteiger partial charge in [0.05, 0.1) is 12.2 Å². The van der Waals surface area contributed by atoms with E-state index in [0.29, 0.717) is 31.3 Å². The summed E-state index contributed by atoms with van der Waals surface area (Å²) in [6, 6.07) is 9.42. The Bertz CT molecular complexity index is 1100. The van der Waals surface area contributed by atoms with Crippen molar-refractivity contribution in [2.45, 2.75) is 64.2 Å². The lowest BCUT2D eigenvalue weighted by atomic mass is 9.86. The normalized spacial score (nSPS) is 20.5. The summed E-state index contributed by atoms with van der Waals surface area (Å²) < 4.78 is 44.9. The van der Waals surface area contributed by atoms with Gasteiger partial charge in [-0.3, -0.25) is 9.69 Å². The minimum absolute atomic E-state index is 0.195. The fraction of sp³-hybridized carbons (Fsp3) is 0.567. The SMILES string of the molecule is Cc1c(OCCCCN(C)C)ccc(C2CCC[C@H]3CN(C(=O)c4ccc(C(F)(F)F)cc4)CCN23)c1C. The first-order valence-corrected chi connectivity index (χ1v) is 13.7. The fourth-order valence-electron chi connectivity index (χ4n) is 5.80. The number of nitrogens with zero attached hydrogens (tertiary/aromatic N) is 3. The molecule has 5 nitrogen and oxygen atoms in total. The highest BCUT2D eigenvalue weighted by Gasteiger charge is 2.38. The second kappa shape index (κ2) is 12.1. The van der Waals surface area contributed by atoms with Crippen molar-refractivity contribution in [3.8, 4) is 5.75 Å². The number of unbranched alkanes of at least 4 members (excludes halogenated alkanes) is 1. The lowest BCUT2D eigenvalue weighted by Gasteiger charge is -2.49. The second-order valence-corrected chi connectivity index (χ2v) is 10.9. The van der Waals surface area contributed by atoms with Gasteiger partial charge >= 0.3 is 6.18 Å². The van der Waals surface area contributed by atoms with Gasteiger partial charge in [0, 0.05) is 37.3 Å². The zero-order valence-electron chi connectivity index (χ0n) is 23.0. The molecule has 2 aromatic carbocycles. The Morgan fingerprint density at radius 2 is 1.74 bits per heavy atom. The average molecular weight is 532 g/mol. The molecule has 0 N–H and O–H groups in total. The summed E-state index contributed by atoms with van der Waals surface area (Å²) in [4.78, 5) is 19.6. The summed E-state index contributed by atoms with van der Waals surface area (Å²) in [5.74, 6) is 0.759. The van der Waals surface area contributed by atoms with E-state index in [2.05, 4.69) is 49.9 Å². The van der Waals surface area contributed by atoms with Crippen LogP contribution in [0.15, 0.2) is 36.4 Å². The minimum atomic E-state index is -4.41. The summed E-state index contributed by atoms with van der Waals surface area (Å²) in [6.07, 6.45) is 0.903. The lowest BCUT2D eigenvalue weighted by molar-refractivity contribution is -0.137. The number of carbonyl (C=O) groups excluding carboxylic acids is 1. The van der Waals surface area contributed by atoms with Gasteiger partial charge in [-0.05, 0) is 114 Å². The molecule has 2 saturated heterocycles. The molecule has 0 bridgehead atoms. The van der Waals surface area contributed by atoms with Gasteiger partial charge in [0.1, 0.15) is 5.75 Å². The zero-order valence-corrected chi connectivity index (χ0v) is 23.0. The highest BCUT2D eigenvalue weighted by Crippen LogP contribution is 2.40. The molecular formula is C30H40F3N3O2. The molecule has 1 unspecified atom stereocenters. The average Bonchev–Trinajstić information content (AvgIpc) is 2.89. The van der Waals surface area contributed by atoms with Crippen molar-refractivity contribution in [3.05, 3.63) is 64.2 Å². The Labute approximate surface area is 224 Å². The zero-order chi connectivity index (χ0) is 27.4. The Morgan fingerprint density at radius 3 is 2.42 bits per heavy atom. The van der Waals surface area contributed by atoms with E-state index < -0.39 is 11.7 Å². The molecule has 1 amide bonds. The van der Waals surface area contributed by atoms with E-state index in [1.807, 2.05) is 0 Å². The van der Waals surface area contributed by atoms with Gasteiger partial charge in [0.25, 0.3) is 5.91 Å². The van der Waals surface area contributed by atoms with Gasteiger partial charge < -0.3 is 14.5 Å². The van der Waals surface area contributed by atoms with Crippen LogP contribution in [0.5, 0.6) is 5.75 Å². The van der Waals surface area contributed by atoms with E-state index in [-0.39, 0.29) is 11.9 Å². The molecule has 8 heteroatoms. The van der Waals surface area contributed by atoms with Gasteiger partial charge in [0.2, 0.25) is 0 Å². The number of rotatable bonds is 8. The largest absolute Gasteiger partial charge is 0.493 e. The third-order valence-electron chi connectivity index (χ3n) is 8.09. The van der Waals surface area contributed by atoms with Crippen LogP contribution in [0.3, 0.4) is 0 Å². The van der Waals surface area contributed by atoms with Gasteiger partial charge in [-0.15, -0.1) is 0 Å². The molecule has 0 aliphatic carbocycles. The molecule has 4 rings (SSSR count). The molecule has 0 radical (unpaired) electrons. The molecule has 2 aliphatic heterocycles. The molecule has 2 atom stereocenters. The van der Waals surface area contributed by atoms with Gasteiger partial charge in [-0.2, -0.15) is 13.2 Å². The van der Waals surface area contributed by atoms with Crippen LogP contribution < -0.4 is 4.74 Å². The van der Waals surface area contributed by atoms with Crippen molar-refractivity contribution in [1.29, 1.82) is 0 Å². The highest BCUT2D eigenvalue weighted by molar-refractivity contribution is 5.94. The molecule has 0 spiro atoms. The number of piperazine rings is 1. The van der Waals surface area contributed by atoms with E-state index in [1.54, 1.807) is 4.90 Å². The molecule has 0 saturated carbocycles. The Kier molecular flexibility index (Phi) is 9.04. The first kappa shape index (κ1) is 28.4. The standard InChI is InChI=1S/C30H40F3N3O2/c1-21-22(2)28(38-19-6-5-16-34(3)4)15-14-26(21)27-9-7-8-25-20-35(17-18-36(25)27)29(37)23-10-12-24(13-11-23)30(31,32)33/h10-15,25,27H,5-9,16-20H2,1-4H3/t25-,27?/m0/s1. The van der Waals surface area contributed by atoms with Crippen LogP contribution in [0.4, 0.5) is 13.2 Å². The fourth-order valence-corrected chi connectivity index (χ4v) is 5.80. The number of halogens is 3. The summed E-state index contributed by atoms with van der Waals surface area (Å²) >= 11 is 0. The smallest absolute Gasteiger partial charge is 0.416 e. The minimum Gasteiger partial charge on any atom is -0.493 e. The maximum Gasteiger partial charge on any atom is 0.416 e. The highest BCUT2D eigenvalue weighted by atomic mass is 19.4. The molecule has 0 aromatic heterocycles. The summed E-state index contributed by atoms with van der Waals surface area (Å²) in [6.45, 7) is 8.01. The van der Waals surface area contributed by atoms with Crippen LogP contribution in [0.25, 0.3) is 0 Å². The van der Waals surface area contributed by atoms with Crippen LogP contribution in [-0.2, 0) is 6.18 Å². The van der Waals surface area contributed by atoms with E-state index in [4.69, 9.17) is 4.74 Å². The monoisotopic (exact) mass is 531 g/mol. The topological polar surface area (TPSA) is 36.0 Å². The predicted octanol–water partition coefficient (Wildman–Crippen LogP) is 6.09. The third kappa shape index (κ3) is 6.52. The summed E-state index contributed by atoms with van der Waals surface area (Å²) in [5.41, 5.74) is 3.36. The van der Waals surface area contributed by atoms with Crippen LogP contribution in [0.1, 0.15) is 70.8 Å². The predicted molar refractivity (Wildman–Crippen MR) is 144 cm³/mol. The molecule has 2 aliphatic rings. The maximum absolute atomic E-state index is 13.1. The van der Waals surface area contributed by atoms with Crippen molar-refractivity contribution in [2.75, 3.05) is 46.9 Å². The molecular weight excluding hydrogens is 491 g/mol. The van der Waals surface area contributed by atoms with Crippen LogP contribution in [0.2, 0.25) is 0 Å². The van der Waals surface area contributed by atoms with Crippen LogP contribution in [0, 0.1) is 13.8 Å². The number of fused-ring (bicyclic) bond motifs is 1. The number of benzene rings is 2. The van der Waals surface area contributed by atoms with E-state index in [0.717, 1.165) is 63.1 Å². The number of carbonyl (C=O) groups is 1. The molecule has 208 valence electrons. The Morgan fingerprint density at radius 1 is 1.00 bits per heavy atom. The van der Waals surface area contributed by atoms with Crippen molar-refractivity contribution >= 4 is 5.91 Å². The van der Waals surface area contributed by atoms with Crippen molar-refractivity contribution in [2.24, 2.45) is 0 Å². The van der Waals surface area contributed by atoms with Crippen molar-refractivity contribution in [1.82, 2.24) is 14.7 Å². The number of amides is 1. The number of alkyl halides is 3. The second-order valence-electron chi connectivity index (χ2n) is 10.9. The van der Waals surface area contributed by atoms with Gasteiger partial charge in [-0.25, -0.2) is 0 Å². The lowest BCUT2D eigenvalue weighted by Crippen LogP contribution is -2.57. The third-order valence-corrected chi connectivity index (χ3v) is 8.09. The first-order chi connectivity index (χ1) is 18.1. The molecule has 2 heterocycles. The van der Waals surface area contributed by atoms with Crippen molar-refractivity contribution < 1.29 is 22.7 Å².